The minimum Gasteiger partial charge on any atom is -0.328 e. The van der Waals surface area contributed by atoms with E-state index in [2.05, 4.69) is 10.6 Å². The maximum atomic E-state index is 11.4. The molecule has 2 N–H and O–H groups in total. The van der Waals surface area contributed by atoms with Gasteiger partial charge in [0.2, 0.25) is 0 Å². The molecular weight excluding hydrogens is 240 g/mol. The molecule has 0 radical (unpaired) electrons. The summed E-state index contributed by atoms with van der Waals surface area (Å²) >= 11 is 6.53. The number of thioether (sulfide) groups is 1. The second-order valence-electron chi connectivity index (χ2n) is 3.24. The fourth-order valence-electron chi connectivity index (χ4n) is 1.35. The van der Waals surface area contributed by atoms with Gasteiger partial charge in [-0.15, -0.1) is 11.8 Å². The van der Waals surface area contributed by atoms with Crippen molar-refractivity contribution in [2.75, 3.05) is 6.26 Å². The highest BCUT2D eigenvalue weighted by atomic mass is 32.2. The molecule has 0 aromatic heterocycles. The van der Waals surface area contributed by atoms with Crippen molar-refractivity contribution in [2.24, 2.45) is 0 Å². The van der Waals surface area contributed by atoms with Crippen molar-refractivity contribution in [3.05, 3.63) is 35.5 Å². The number of amides is 1. The molecule has 1 heterocycles. The van der Waals surface area contributed by atoms with Crippen LogP contribution in [0.2, 0.25) is 0 Å². The predicted octanol–water partition coefficient (Wildman–Crippen LogP) is 1.75. The summed E-state index contributed by atoms with van der Waals surface area (Å²) in [6, 6.07) is 7.97. The average molecular weight is 250 g/mol. The van der Waals surface area contributed by atoms with Crippen molar-refractivity contribution in [1.82, 2.24) is 10.6 Å². The molecule has 1 aliphatic heterocycles. The second-order valence-corrected chi connectivity index (χ2v) is 4.53. The predicted molar refractivity (Wildman–Crippen MR) is 70.1 cm³/mol. The van der Waals surface area contributed by atoms with Gasteiger partial charge in [-0.1, -0.05) is 12.1 Å². The van der Waals surface area contributed by atoms with Gasteiger partial charge >= 0.3 is 0 Å². The number of carbonyl (C=O) groups excluding carboxylic acids is 1. The number of hydrogen-bond acceptors (Lipinski definition) is 3. The van der Waals surface area contributed by atoms with Gasteiger partial charge in [-0.05, 0) is 42.2 Å². The standard InChI is InChI=1S/C11H10N2OS2/c1-16-8-4-2-7(3-5-8)6-9-10(14)13-11(15)12-9/h2-6H,1H3,(H2,12,13,14,15)/b9-6+. The lowest BCUT2D eigenvalue weighted by molar-refractivity contribution is -0.115. The van der Waals surface area contributed by atoms with E-state index in [1.165, 1.54) is 4.90 Å². The second kappa shape index (κ2) is 4.67. The summed E-state index contributed by atoms with van der Waals surface area (Å²) in [6.45, 7) is 0. The van der Waals surface area contributed by atoms with E-state index in [9.17, 15) is 4.79 Å². The largest absolute Gasteiger partial charge is 0.328 e. The van der Waals surface area contributed by atoms with Gasteiger partial charge in [0.25, 0.3) is 5.91 Å². The minimum absolute atomic E-state index is 0.182. The molecular formula is C11H10N2OS2. The highest BCUT2D eigenvalue weighted by molar-refractivity contribution is 7.98. The Bertz CT molecular complexity index is 465. The molecule has 0 atom stereocenters. The van der Waals surface area contributed by atoms with E-state index in [1.54, 1.807) is 17.8 Å². The van der Waals surface area contributed by atoms with Crippen LogP contribution < -0.4 is 10.6 Å². The van der Waals surface area contributed by atoms with Gasteiger partial charge in [0.05, 0.1) is 0 Å². The van der Waals surface area contributed by atoms with Gasteiger partial charge < -0.3 is 5.32 Å². The molecule has 1 fully saturated rings. The first kappa shape index (κ1) is 11.2. The summed E-state index contributed by atoms with van der Waals surface area (Å²) in [5, 5.41) is 5.68. The maximum Gasteiger partial charge on any atom is 0.273 e. The third-order valence-electron chi connectivity index (χ3n) is 2.15. The van der Waals surface area contributed by atoms with Gasteiger partial charge in [-0.25, -0.2) is 0 Å². The van der Waals surface area contributed by atoms with Crippen LogP contribution in [-0.2, 0) is 4.79 Å². The Morgan fingerprint density at radius 2 is 1.94 bits per heavy atom. The lowest BCUT2D eigenvalue weighted by Gasteiger charge is -1.98. The Morgan fingerprint density at radius 3 is 2.44 bits per heavy atom. The smallest absolute Gasteiger partial charge is 0.273 e. The third kappa shape index (κ3) is 2.43. The summed E-state index contributed by atoms with van der Waals surface area (Å²) in [7, 11) is 0. The molecule has 16 heavy (non-hydrogen) atoms. The van der Waals surface area contributed by atoms with Crippen LogP contribution in [0, 0.1) is 0 Å². The van der Waals surface area contributed by atoms with E-state index in [4.69, 9.17) is 12.2 Å². The number of benzene rings is 1. The first-order valence-electron chi connectivity index (χ1n) is 4.67. The number of rotatable bonds is 2. The molecule has 0 saturated carbocycles. The third-order valence-corrected chi connectivity index (χ3v) is 3.09. The molecule has 1 aromatic rings. The first-order chi connectivity index (χ1) is 7.69. The van der Waals surface area contributed by atoms with Crippen LogP contribution in [0.3, 0.4) is 0 Å². The number of carbonyl (C=O) groups is 1. The van der Waals surface area contributed by atoms with Gasteiger partial charge in [0.15, 0.2) is 5.11 Å². The fourth-order valence-corrected chi connectivity index (χ4v) is 1.96. The summed E-state index contributed by atoms with van der Waals surface area (Å²) in [5.41, 5.74) is 1.46. The van der Waals surface area contributed by atoms with Gasteiger partial charge in [-0.2, -0.15) is 0 Å². The first-order valence-corrected chi connectivity index (χ1v) is 6.30. The molecule has 1 aliphatic rings. The Balaban J connectivity index is 2.22. The van der Waals surface area contributed by atoms with Crippen molar-refractivity contribution < 1.29 is 4.79 Å². The Morgan fingerprint density at radius 1 is 1.25 bits per heavy atom. The Hall–Kier alpha value is -1.33. The van der Waals surface area contributed by atoms with Crippen LogP contribution in [0.25, 0.3) is 6.08 Å². The lowest BCUT2D eigenvalue weighted by atomic mass is 10.2. The molecule has 3 nitrogen and oxygen atoms in total. The van der Waals surface area contributed by atoms with E-state index in [1.807, 2.05) is 30.5 Å². The molecule has 2 rings (SSSR count). The zero-order valence-electron chi connectivity index (χ0n) is 8.61. The van der Waals surface area contributed by atoms with Crippen molar-refractivity contribution in [3.63, 3.8) is 0 Å². The normalized spacial score (nSPS) is 17.4. The molecule has 0 aliphatic carbocycles. The van der Waals surface area contributed by atoms with E-state index >= 15 is 0 Å². The molecule has 5 heteroatoms. The number of thiocarbonyl (C=S) groups is 1. The SMILES string of the molecule is CSc1ccc(/C=C2/NC(=S)NC2=O)cc1. The highest BCUT2D eigenvalue weighted by Crippen LogP contribution is 2.16. The zero-order chi connectivity index (χ0) is 11.5. The summed E-state index contributed by atoms with van der Waals surface area (Å²) in [5.74, 6) is -0.182. The van der Waals surface area contributed by atoms with E-state index in [-0.39, 0.29) is 5.91 Å². The van der Waals surface area contributed by atoms with E-state index < -0.39 is 0 Å². The topological polar surface area (TPSA) is 41.1 Å². The van der Waals surface area contributed by atoms with Crippen LogP contribution in [0.15, 0.2) is 34.9 Å². The van der Waals surface area contributed by atoms with Gasteiger partial charge in [-0.3, -0.25) is 10.1 Å². The fraction of sp³-hybridized carbons (Fsp3) is 0.0909. The molecule has 0 unspecified atom stereocenters. The summed E-state index contributed by atoms with van der Waals surface area (Å²) in [4.78, 5) is 12.6. The molecule has 0 bridgehead atoms. The van der Waals surface area contributed by atoms with Crippen molar-refractivity contribution in [3.8, 4) is 0 Å². The molecule has 0 spiro atoms. The average Bonchev–Trinajstić information content (AvgIpc) is 2.59. The Labute approximate surface area is 103 Å². The van der Waals surface area contributed by atoms with Crippen LogP contribution in [-0.4, -0.2) is 17.3 Å². The van der Waals surface area contributed by atoms with Crippen LogP contribution in [0.1, 0.15) is 5.56 Å². The van der Waals surface area contributed by atoms with Crippen molar-refractivity contribution in [1.29, 1.82) is 0 Å². The van der Waals surface area contributed by atoms with Crippen LogP contribution in [0.5, 0.6) is 0 Å². The molecule has 1 amide bonds. The quantitative estimate of drug-likeness (QED) is 0.477. The van der Waals surface area contributed by atoms with E-state index in [0.717, 1.165) is 5.56 Å². The minimum atomic E-state index is -0.182. The zero-order valence-corrected chi connectivity index (χ0v) is 10.2. The molecule has 1 saturated heterocycles. The van der Waals surface area contributed by atoms with E-state index in [0.29, 0.717) is 10.8 Å². The molecule has 1 aromatic carbocycles. The maximum absolute atomic E-state index is 11.4. The van der Waals surface area contributed by atoms with Gasteiger partial charge in [0.1, 0.15) is 5.70 Å². The monoisotopic (exact) mass is 250 g/mol. The number of nitrogens with one attached hydrogen (secondary N) is 2. The number of hydrogen-bond donors (Lipinski definition) is 2. The van der Waals surface area contributed by atoms with Crippen LogP contribution >= 0.6 is 24.0 Å². The Kier molecular flexibility index (Phi) is 3.26. The summed E-state index contributed by atoms with van der Waals surface area (Å²) in [6.07, 6.45) is 3.80. The lowest BCUT2D eigenvalue weighted by Crippen LogP contribution is -2.21. The van der Waals surface area contributed by atoms with Crippen molar-refractivity contribution >= 4 is 41.1 Å². The van der Waals surface area contributed by atoms with Crippen LogP contribution in [0.4, 0.5) is 0 Å². The summed E-state index contributed by atoms with van der Waals surface area (Å²) < 4.78 is 0. The molecule has 82 valence electrons. The van der Waals surface area contributed by atoms with Crippen molar-refractivity contribution in [2.45, 2.75) is 4.90 Å². The van der Waals surface area contributed by atoms with Gasteiger partial charge in [0, 0.05) is 4.90 Å². The highest BCUT2D eigenvalue weighted by Gasteiger charge is 2.19.